The Morgan fingerprint density at radius 3 is 2.66 bits per heavy atom. The molecule has 0 fully saturated rings. The second kappa shape index (κ2) is 7.59. The quantitative estimate of drug-likeness (QED) is 0.516. The predicted molar refractivity (Wildman–Crippen MR) is 119 cm³/mol. The van der Waals surface area contributed by atoms with Gasteiger partial charge in [-0.2, -0.15) is 0 Å². The number of nitrogens with zero attached hydrogens (tertiary/aromatic N) is 1. The zero-order valence-electron chi connectivity index (χ0n) is 16.1. The Labute approximate surface area is 179 Å². The van der Waals surface area contributed by atoms with Crippen LogP contribution in [0.3, 0.4) is 0 Å². The average molecular weight is 446 g/mol. The van der Waals surface area contributed by atoms with E-state index >= 15 is 0 Å². The van der Waals surface area contributed by atoms with Gasteiger partial charge in [0.15, 0.2) is 9.84 Å². The number of fused-ring (bicyclic) bond motifs is 3. The van der Waals surface area contributed by atoms with Crippen LogP contribution >= 0.6 is 22.9 Å². The first-order valence-electron chi connectivity index (χ1n) is 9.34. The smallest absolute Gasteiger partial charge is 0.268 e. The van der Waals surface area contributed by atoms with Gasteiger partial charge in [-0.15, -0.1) is 11.3 Å². The summed E-state index contributed by atoms with van der Waals surface area (Å²) in [5.41, 5.74) is 3.20. The Balaban J connectivity index is 1.80. The monoisotopic (exact) mass is 445 g/mol. The van der Waals surface area contributed by atoms with Crippen molar-refractivity contribution in [3.8, 4) is 10.4 Å². The van der Waals surface area contributed by atoms with Crippen LogP contribution < -0.4 is 4.90 Å². The van der Waals surface area contributed by atoms with E-state index in [0.29, 0.717) is 27.6 Å². The Morgan fingerprint density at radius 1 is 1.17 bits per heavy atom. The van der Waals surface area contributed by atoms with E-state index in [1.165, 1.54) is 17.4 Å². The van der Waals surface area contributed by atoms with E-state index in [2.05, 4.69) is 0 Å². The van der Waals surface area contributed by atoms with E-state index in [-0.39, 0.29) is 16.6 Å². The highest BCUT2D eigenvalue weighted by molar-refractivity contribution is 7.91. The molecule has 3 aromatic rings. The molecule has 0 spiro atoms. The van der Waals surface area contributed by atoms with Crippen LogP contribution in [0.25, 0.3) is 10.4 Å². The number of benzene rings is 2. The van der Waals surface area contributed by atoms with Gasteiger partial charge in [-0.25, -0.2) is 8.42 Å². The summed E-state index contributed by atoms with van der Waals surface area (Å²) in [5.74, 6) is -0.217. The molecule has 1 aliphatic heterocycles. The highest BCUT2D eigenvalue weighted by atomic mass is 35.5. The number of anilines is 1. The third kappa shape index (κ3) is 3.61. The van der Waals surface area contributed by atoms with Crippen LogP contribution in [-0.2, 0) is 15.6 Å². The summed E-state index contributed by atoms with van der Waals surface area (Å²) in [6.45, 7) is 4.61. The summed E-state index contributed by atoms with van der Waals surface area (Å²) in [6.07, 6.45) is 0.820. The highest BCUT2D eigenvalue weighted by Crippen LogP contribution is 2.44. The van der Waals surface area contributed by atoms with Gasteiger partial charge < -0.3 is 4.90 Å². The summed E-state index contributed by atoms with van der Waals surface area (Å²) in [4.78, 5) is 16.8. The lowest BCUT2D eigenvalue weighted by atomic mass is 10.1. The zero-order chi connectivity index (χ0) is 20.8. The van der Waals surface area contributed by atoms with Gasteiger partial charge in [-0.05, 0) is 48.7 Å². The Morgan fingerprint density at radius 2 is 1.93 bits per heavy atom. The van der Waals surface area contributed by atoms with E-state index in [1.54, 1.807) is 23.1 Å². The van der Waals surface area contributed by atoms with Gasteiger partial charge in [0.2, 0.25) is 0 Å². The standard InChI is InChI=1S/C22H20ClNO3S2/c1-3-10-24(18-7-5-4-6-14(18)2)22(25)19-11-15-13-29(26,27)20-12-16(23)8-9-17(20)21(15)28-19/h4-9,11-12H,3,10,13H2,1-2H3. The topological polar surface area (TPSA) is 54.5 Å². The van der Waals surface area contributed by atoms with E-state index in [1.807, 2.05) is 38.1 Å². The highest BCUT2D eigenvalue weighted by Gasteiger charge is 2.32. The number of carbonyl (C=O) groups is 1. The van der Waals surface area contributed by atoms with Crippen LogP contribution in [-0.4, -0.2) is 20.9 Å². The van der Waals surface area contributed by atoms with Crippen molar-refractivity contribution in [3.63, 3.8) is 0 Å². The molecule has 29 heavy (non-hydrogen) atoms. The normalized spacial score (nSPS) is 14.2. The molecule has 150 valence electrons. The molecule has 0 saturated carbocycles. The van der Waals surface area contributed by atoms with Crippen LogP contribution in [0.1, 0.15) is 34.1 Å². The first-order chi connectivity index (χ1) is 13.8. The van der Waals surface area contributed by atoms with E-state index in [4.69, 9.17) is 11.6 Å². The lowest BCUT2D eigenvalue weighted by Gasteiger charge is -2.23. The largest absolute Gasteiger partial charge is 0.307 e. The molecule has 4 nitrogen and oxygen atoms in total. The summed E-state index contributed by atoms with van der Waals surface area (Å²) in [7, 11) is -3.48. The second-order valence-corrected chi connectivity index (χ2v) is 10.6. The molecule has 1 aliphatic rings. The SMILES string of the molecule is CCCN(C(=O)c1cc2c(s1)-c1ccc(Cl)cc1S(=O)(=O)C2)c1ccccc1C. The van der Waals surface area contributed by atoms with Crippen LogP contribution in [0.15, 0.2) is 53.4 Å². The number of para-hydroxylation sites is 1. The number of hydrogen-bond donors (Lipinski definition) is 0. The first-order valence-corrected chi connectivity index (χ1v) is 12.2. The maximum atomic E-state index is 13.4. The molecule has 0 atom stereocenters. The van der Waals surface area contributed by atoms with Gasteiger partial charge in [-0.3, -0.25) is 4.79 Å². The van der Waals surface area contributed by atoms with Crippen molar-refractivity contribution in [2.24, 2.45) is 0 Å². The van der Waals surface area contributed by atoms with Crippen LogP contribution in [0.5, 0.6) is 0 Å². The lowest BCUT2D eigenvalue weighted by molar-refractivity contribution is 0.0990. The fourth-order valence-corrected chi connectivity index (χ4v) is 6.81. The minimum Gasteiger partial charge on any atom is -0.307 e. The van der Waals surface area contributed by atoms with Crippen molar-refractivity contribution in [1.29, 1.82) is 0 Å². The van der Waals surface area contributed by atoms with Crippen LogP contribution in [0.4, 0.5) is 5.69 Å². The minimum absolute atomic E-state index is 0.103. The minimum atomic E-state index is -3.48. The number of sulfone groups is 1. The van der Waals surface area contributed by atoms with Gasteiger partial charge in [0.1, 0.15) is 0 Å². The van der Waals surface area contributed by atoms with Crippen molar-refractivity contribution in [2.45, 2.75) is 30.9 Å². The van der Waals surface area contributed by atoms with E-state index in [9.17, 15) is 13.2 Å². The summed E-state index contributed by atoms with van der Waals surface area (Å²) in [5, 5.41) is 0.386. The molecule has 0 bridgehead atoms. The summed E-state index contributed by atoms with van der Waals surface area (Å²) >= 11 is 7.37. The van der Waals surface area contributed by atoms with Gasteiger partial charge >= 0.3 is 0 Å². The second-order valence-electron chi connectivity index (χ2n) is 7.11. The number of thiophene rings is 1. The molecule has 4 rings (SSSR count). The van der Waals surface area contributed by atoms with E-state index < -0.39 is 9.84 Å². The molecule has 0 radical (unpaired) electrons. The molecule has 0 saturated heterocycles. The lowest BCUT2D eigenvalue weighted by Crippen LogP contribution is -2.31. The summed E-state index contributed by atoms with van der Waals surface area (Å²) in [6, 6.07) is 14.4. The molecule has 2 heterocycles. The Bertz CT molecular complexity index is 1210. The van der Waals surface area contributed by atoms with E-state index in [0.717, 1.165) is 22.5 Å². The molecule has 7 heteroatoms. The number of rotatable bonds is 4. The van der Waals surface area contributed by atoms with Crippen molar-refractivity contribution in [3.05, 3.63) is 69.6 Å². The maximum Gasteiger partial charge on any atom is 0.268 e. The number of halogens is 1. The van der Waals surface area contributed by atoms with Crippen molar-refractivity contribution >= 4 is 44.4 Å². The van der Waals surface area contributed by atoms with Crippen molar-refractivity contribution in [1.82, 2.24) is 0 Å². The average Bonchev–Trinajstić information content (AvgIpc) is 3.09. The molecule has 1 aromatic heterocycles. The zero-order valence-corrected chi connectivity index (χ0v) is 18.5. The molecule has 2 aromatic carbocycles. The number of amides is 1. The van der Waals surface area contributed by atoms with Crippen LogP contribution in [0, 0.1) is 6.92 Å². The Hall–Kier alpha value is -2.15. The van der Waals surface area contributed by atoms with Gasteiger partial charge in [-0.1, -0.05) is 42.8 Å². The van der Waals surface area contributed by atoms with Gasteiger partial charge in [0, 0.05) is 27.7 Å². The number of aryl methyl sites for hydroxylation is 1. The van der Waals surface area contributed by atoms with Gasteiger partial charge in [0.25, 0.3) is 5.91 Å². The van der Waals surface area contributed by atoms with Crippen LogP contribution in [0.2, 0.25) is 5.02 Å². The first kappa shape index (κ1) is 20.1. The fraction of sp³-hybridized carbons (Fsp3) is 0.227. The molecule has 0 N–H and O–H groups in total. The third-order valence-electron chi connectivity index (χ3n) is 4.99. The molecular weight excluding hydrogens is 426 g/mol. The van der Waals surface area contributed by atoms with Crippen molar-refractivity contribution < 1.29 is 13.2 Å². The molecule has 0 aliphatic carbocycles. The summed E-state index contributed by atoms with van der Waals surface area (Å²) < 4.78 is 25.4. The molecule has 1 amide bonds. The maximum absolute atomic E-state index is 13.4. The predicted octanol–water partition coefficient (Wildman–Crippen LogP) is 5.72. The van der Waals surface area contributed by atoms with Gasteiger partial charge in [0.05, 0.1) is 15.5 Å². The number of carbonyl (C=O) groups excluding carboxylic acids is 1. The molecule has 0 unspecified atom stereocenters. The fourth-order valence-electron chi connectivity index (χ4n) is 3.65. The Kier molecular flexibility index (Phi) is 5.27. The number of hydrogen-bond acceptors (Lipinski definition) is 4. The molecular formula is C22H20ClNO3S2. The van der Waals surface area contributed by atoms with Crippen molar-refractivity contribution in [2.75, 3.05) is 11.4 Å². The third-order valence-corrected chi connectivity index (χ3v) is 8.12.